The predicted octanol–water partition coefficient (Wildman–Crippen LogP) is 1.93. The van der Waals surface area contributed by atoms with E-state index in [-0.39, 0.29) is 29.6 Å². The van der Waals surface area contributed by atoms with E-state index >= 15 is 0 Å². The van der Waals surface area contributed by atoms with Gasteiger partial charge >= 0.3 is 0 Å². The molecule has 0 aliphatic heterocycles. The van der Waals surface area contributed by atoms with Gasteiger partial charge in [0.1, 0.15) is 0 Å². The van der Waals surface area contributed by atoms with Gasteiger partial charge in [-0.05, 0) is 42.8 Å². The Hall–Kier alpha value is -3.22. The first-order chi connectivity index (χ1) is 12.5. The fraction of sp³-hybridized carbons (Fsp3) is 0.263. The number of hydrogen-bond donors (Lipinski definition) is 3. The maximum absolute atomic E-state index is 12.3. The van der Waals surface area contributed by atoms with E-state index in [1.54, 1.807) is 30.5 Å². The molecule has 7 heteroatoms. The van der Waals surface area contributed by atoms with Crippen LogP contribution in [0.25, 0.3) is 0 Å². The zero-order valence-electron chi connectivity index (χ0n) is 14.4. The van der Waals surface area contributed by atoms with Crippen LogP contribution in [0.2, 0.25) is 0 Å². The zero-order chi connectivity index (χ0) is 18.5. The predicted molar refractivity (Wildman–Crippen MR) is 97.1 cm³/mol. The molecule has 2 unspecified atom stereocenters. The normalized spacial score (nSPS) is 17.9. The molecular formula is C19H20N4O3. The summed E-state index contributed by atoms with van der Waals surface area (Å²) in [4.78, 5) is 39.5. The first-order valence-corrected chi connectivity index (χ1v) is 8.39. The Labute approximate surface area is 151 Å². The Morgan fingerprint density at radius 1 is 0.962 bits per heavy atom. The van der Waals surface area contributed by atoms with Gasteiger partial charge in [-0.25, -0.2) is 0 Å². The molecule has 1 aromatic carbocycles. The summed E-state index contributed by atoms with van der Waals surface area (Å²) < 4.78 is 0. The van der Waals surface area contributed by atoms with E-state index in [1.165, 1.54) is 6.92 Å². The molecule has 2 atom stereocenters. The van der Waals surface area contributed by atoms with E-state index in [0.29, 0.717) is 24.3 Å². The quantitative estimate of drug-likeness (QED) is 0.739. The maximum Gasteiger partial charge on any atom is 0.228 e. The van der Waals surface area contributed by atoms with Crippen LogP contribution in [0.4, 0.5) is 11.4 Å². The number of aromatic nitrogens is 1. The highest BCUT2D eigenvalue weighted by molar-refractivity contribution is 5.99. The van der Waals surface area contributed by atoms with Gasteiger partial charge in [0.2, 0.25) is 17.7 Å². The van der Waals surface area contributed by atoms with Crippen LogP contribution in [0.5, 0.6) is 0 Å². The summed E-state index contributed by atoms with van der Waals surface area (Å²) in [5, 5.41) is 8.27. The number of anilines is 2. The smallest absolute Gasteiger partial charge is 0.228 e. The van der Waals surface area contributed by atoms with Crippen molar-refractivity contribution in [1.29, 1.82) is 0 Å². The second-order valence-electron chi connectivity index (χ2n) is 6.24. The molecule has 1 aliphatic rings. The molecule has 3 rings (SSSR count). The van der Waals surface area contributed by atoms with Crippen molar-refractivity contribution in [1.82, 2.24) is 10.3 Å². The van der Waals surface area contributed by atoms with Crippen LogP contribution in [-0.2, 0) is 20.9 Å². The van der Waals surface area contributed by atoms with Gasteiger partial charge in [0.25, 0.3) is 0 Å². The Balaban J connectivity index is 1.46. The average molecular weight is 352 g/mol. The van der Waals surface area contributed by atoms with Gasteiger partial charge in [-0.3, -0.25) is 19.4 Å². The highest BCUT2D eigenvalue weighted by atomic mass is 16.2. The average Bonchev–Trinajstić information content (AvgIpc) is 3.43. The third-order valence-corrected chi connectivity index (χ3v) is 4.11. The first-order valence-electron chi connectivity index (χ1n) is 8.39. The van der Waals surface area contributed by atoms with Crippen molar-refractivity contribution in [3.8, 4) is 0 Å². The van der Waals surface area contributed by atoms with Gasteiger partial charge in [0.05, 0.1) is 24.1 Å². The minimum absolute atomic E-state index is 0.128. The molecule has 1 aromatic heterocycles. The van der Waals surface area contributed by atoms with Gasteiger partial charge < -0.3 is 16.0 Å². The number of nitrogens with one attached hydrogen (secondary N) is 3. The summed E-state index contributed by atoms with van der Waals surface area (Å²) in [6, 6.07) is 12.3. The number of amides is 3. The van der Waals surface area contributed by atoms with Crippen LogP contribution in [0.1, 0.15) is 19.0 Å². The number of carbonyl (C=O) groups excluding carboxylic acids is 3. The van der Waals surface area contributed by atoms with Gasteiger partial charge in [0.15, 0.2) is 0 Å². The number of nitrogens with zero attached hydrogens (tertiary/aromatic N) is 1. The van der Waals surface area contributed by atoms with Crippen molar-refractivity contribution in [2.45, 2.75) is 19.9 Å². The number of pyridine rings is 1. The van der Waals surface area contributed by atoms with Crippen molar-refractivity contribution in [2.75, 3.05) is 10.6 Å². The Kier molecular flexibility index (Phi) is 5.26. The monoisotopic (exact) mass is 352 g/mol. The Morgan fingerprint density at radius 3 is 2.23 bits per heavy atom. The molecule has 3 N–H and O–H groups in total. The van der Waals surface area contributed by atoms with E-state index in [9.17, 15) is 14.4 Å². The van der Waals surface area contributed by atoms with Crippen molar-refractivity contribution in [3.05, 3.63) is 54.4 Å². The highest BCUT2D eigenvalue weighted by Crippen LogP contribution is 2.39. The molecule has 1 saturated carbocycles. The molecular weight excluding hydrogens is 332 g/mol. The lowest BCUT2D eigenvalue weighted by Crippen LogP contribution is -2.27. The third-order valence-electron chi connectivity index (χ3n) is 4.11. The molecule has 1 aliphatic carbocycles. The first kappa shape index (κ1) is 17.6. The summed E-state index contributed by atoms with van der Waals surface area (Å²) in [5.74, 6) is -1.06. The van der Waals surface area contributed by atoms with Crippen LogP contribution in [0.3, 0.4) is 0 Å². The Bertz CT molecular complexity index is 805. The molecule has 0 radical (unpaired) electrons. The second-order valence-corrected chi connectivity index (χ2v) is 6.24. The van der Waals surface area contributed by atoms with E-state index in [2.05, 4.69) is 20.9 Å². The SMILES string of the molecule is CC(=O)Nc1ccc(NC(=O)C2CC2C(=O)NCc2ccccn2)cc1. The number of rotatable bonds is 6. The number of hydrogen-bond acceptors (Lipinski definition) is 4. The highest BCUT2D eigenvalue weighted by Gasteiger charge is 2.47. The van der Waals surface area contributed by atoms with Crippen LogP contribution in [0, 0.1) is 11.8 Å². The number of carbonyl (C=O) groups is 3. The van der Waals surface area contributed by atoms with Crippen LogP contribution < -0.4 is 16.0 Å². The van der Waals surface area contributed by atoms with E-state index in [1.807, 2.05) is 18.2 Å². The standard InChI is InChI=1S/C19H20N4O3/c1-12(24)22-13-5-7-14(8-6-13)23-19(26)17-10-16(17)18(25)21-11-15-4-2-3-9-20-15/h2-9,16-17H,10-11H2,1H3,(H,21,25)(H,22,24)(H,23,26). The molecule has 0 saturated heterocycles. The van der Waals surface area contributed by atoms with Crippen LogP contribution >= 0.6 is 0 Å². The van der Waals surface area contributed by atoms with Gasteiger partial charge in [-0.15, -0.1) is 0 Å². The summed E-state index contributed by atoms with van der Waals surface area (Å²) in [6.45, 7) is 1.79. The van der Waals surface area contributed by atoms with E-state index in [4.69, 9.17) is 0 Å². The molecule has 1 fully saturated rings. The molecule has 3 amide bonds. The summed E-state index contributed by atoms with van der Waals surface area (Å²) in [6.07, 6.45) is 2.22. The molecule has 7 nitrogen and oxygen atoms in total. The molecule has 26 heavy (non-hydrogen) atoms. The van der Waals surface area contributed by atoms with Crippen molar-refractivity contribution >= 4 is 29.1 Å². The molecule has 0 spiro atoms. The summed E-state index contributed by atoms with van der Waals surface area (Å²) in [5.41, 5.74) is 2.07. The Morgan fingerprint density at radius 2 is 1.62 bits per heavy atom. The van der Waals surface area contributed by atoms with Crippen molar-refractivity contribution < 1.29 is 14.4 Å². The molecule has 134 valence electrons. The maximum atomic E-state index is 12.3. The van der Waals surface area contributed by atoms with Crippen LogP contribution in [-0.4, -0.2) is 22.7 Å². The summed E-state index contributed by atoms with van der Waals surface area (Å²) >= 11 is 0. The van der Waals surface area contributed by atoms with Crippen molar-refractivity contribution in [3.63, 3.8) is 0 Å². The van der Waals surface area contributed by atoms with E-state index < -0.39 is 0 Å². The minimum Gasteiger partial charge on any atom is -0.350 e. The summed E-state index contributed by atoms with van der Waals surface area (Å²) in [7, 11) is 0. The lowest BCUT2D eigenvalue weighted by molar-refractivity contribution is -0.125. The fourth-order valence-corrected chi connectivity index (χ4v) is 2.66. The molecule has 0 bridgehead atoms. The lowest BCUT2D eigenvalue weighted by atomic mass is 10.2. The van der Waals surface area contributed by atoms with Gasteiger partial charge in [-0.2, -0.15) is 0 Å². The van der Waals surface area contributed by atoms with Gasteiger partial charge in [0, 0.05) is 24.5 Å². The largest absolute Gasteiger partial charge is 0.350 e. The van der Waals surface area contributed by atoms with E-state index in [0.717, 1.165) is 5.69 Å². The fourth-order valence-electron chi connectivity index (χ4n) is 2.66. The lowest BCUT2D eigenvalue weighted by Gasteiger charge is -2.07. The molecule has 2 aromatic rings. The zero-order valence-corrected chi connectivity index (χ0v) is 14.4. The third kappa shape index (κ3) is 4.66. The topological polar surface area (TPSA) is 100 Å². The second kappa shape index (κ2) is 7.77. The molecule has 1 heterocycles. The number of benzene rings is 1. The van der Waals surface area contributed by atoms with Crippen LogP contribution in [0.15, 0.2) is 48.7 Å². The van der Waals surface area contributed by atoms with Crippen molar-refractivity contribution in [2.24, 2.45) is 11.8 Å². The minimum atomic E-state index is -0.311. The van der Waals surface area contributed by atoms with Gasteiger partial charge in [-0.1, -0.05) is 6.07 Å².